The van der Waals surface area contributed by atoms with Crippen molar-refractivity contribution in [3.63, 3.8) is 0 Å². The molecule has 0 amide bonds. The summed E-state index contributed by atoms with van der Waals surface area (Å²) < 4.78 is 1.69. The van der Waals surface area contributed by atoms with Crippen molar-refractivity contribution in [3.05, 3.63) is 17.5 Å². The van der Waals surface area contributed by atoms with Crippen LogP contribution in [0.25, 0.3) is 5.78 Å². The smallest absolute Gasteiger partial charge is 0.255 e. The van der Waals surface area contributed by atoms with Crippen LogP contribution in [-0.4, -0.2) is 26.1 Å². The highest BCUT2D eigenvalue weighted by Crippen LogP contribution is 2.24. The van der Waals surface area contributed by atoms with Gasteiger partial charge in [-0.15, -0.1) is 0 Å². The van der Waals surface area contributed by atoms with E-state index in [0.29, 0.717) is 10.9 Å². The zero-order valence-corrected chi connectivity index (χ0v) is 10.9. The molecule has 5 nitrogen and oxygen atoms in total. The predicted octanol–water partition coefficient (Wildman–Crippen LogP) is 2.77. The minimum Gasteiger partial charge on any atom is -0.370 e. The molecule has 1 saturated carbocycles. The average molecular weight is 266 g/mol. The molecule has 0 aromatic carbocycles. The molecular weight excluding hydrogens is 250 g/mol. The Morgan fingerprint density at radius 2 is 2.17 bits per heavy atom. The van der Waals surface area contributed by atoms with Crippen molar-refractivity contribution in [1.82, 2.24) is 19.6 Å². The van der Waals surface area contributed by atoms with E-state index in [0.717, 1.165) is 18.3 Å². The van der Waals surface area contributed by atoms with E-state index in [9.17, 15) is 0 Å². The highest BCUT2D eigenvalue weighted by molar-refractivity contribution is 6.29. The number of nitrogens with zero attached hydrogens (tertiary/aromatic N) is 4. The summed E-state index contributed by atoms with van der Waals surface area (Å²) in [7, 11) is 0. The van der Waals surface area contributed by atoms with Gasteiger partial charge in [0.05, 0.1) is 0 Å². The van der Waals surface area contributed by atoms with Gasteiger partial charge in [-0.3, -0.25) is 0 Å². The second-order valence-corrected chi connectivity index (χ2v) is 5.21. The number of hydrogen-bond donors (Lipinski definition) is 1. The SMILES string of the molecule is Clc1cc(NCC2CCCCC2)n2ncnc2n1. The summed E-state index contributed by atoms with van der Waals surface area (Å²) >= 11 is 5.97. The zero-order chi connectivity index (χ0) is 12.4. The zero-order valence-electron chi connectivity index (χ0n) is 10.1. The minimum atomic E-state index is 0.446. The van der Waals surface area contributed by atoms with Gasteiger partial charge in [0.25, 0.3) is 5.78 Å². The van der Waals surface area contributed by atoms with Crippen molar-refractivity contribution >= 4 is 23.2 Å². The van der Waals surface area contributed by atoms with Crippen molar-refractivity contribution in [3.8, 4) is 0 Å². The molecule has 0 radical (unpaired) electrons. The lowest BCUT2D eigenvalue weighted by molar-refractivity contribution is 0.373. The Balaban J connectivity index is 1.75. The number of hydrogen-bond acceptors (Lipinski definition) is 4. The van der Waals surface area contributed by atoms with Crippen LogP contribution in [0.4, 0.5) is 5.82 Å². The van der Waals surface area contributed by atoms with Crippen molar-refractivity contribution in [2.24, 2.45) is 5.92 Å². The fourth-order valence-corrected chi connectivity index (χ4v) is 2.73. The van der Waals surface area contributed by atoms with Crippen LogP contribution < -0.4 is 5.32 Å². The lowest BCUT2D eigenvalue weighted by Crippen LogP contribution is -2.18. The Kier molecular flexibility index (Phi) is 3.32. The second-order valence-electron chi connectivity index (χ2n) is 4.82. The van der Waals surface area contributed by atoms with Gasteiger partial charge in [0.1, 0.15) is 17.3 Å². The maximum atomic E-state index is 5.97. The Labute approximate surface area is 111 Å². The number of fused-ring (bicyclic) bond motifs is 1. The molecule has 0 spiro atoms. The molecule has 18 heavy (non-hydrogen) atoms. The number of halogens is 1. The van der Waals surface area contributed by atoms with Crippen LogP contribution in [0, 0.1) is 5.92 Å². The third kappa shape index (κ3) is 2.41. The largest absolute Gasteiger partial charge is 0.370 e. The summed E-state index contributed by atoms with van der Waals surface area (Å²) in [4.78, 5) is 8.16. The van der Waals surface area contributed by atoms with Crippen molar-refractivity contribution < 1.29 is 0 Å². The maximum Gasteiger partial charge on any atom is 0.255 e. The van der Waals surface area contributed by atoms with E-state index >= 15 is 0 Å². The van der Waals surface area contributed by atoms with Gasteiger partial charge < -0.3 is 5.32 Å². The Morgan fingerprint density at radius 1 is 1.33 bits per heavy atom. The quantitative estimate of drug-likeness (QED) is 0.867. The molecule has 0 saturated heterocycles. The van der Waals surface area contributed by atoms with Gasteiger partial charge in [-0.2, -0.15) is 19.6 Å². The predicted molar refractivity (Wildman–Crippen MR) is 70.9 cm³/mol. The molecule has 2 aromatic rings. The summed E-state index contributed by atoms with van der Waals surface area (Å²) in [5.41, 5.74) is 0. The molecular formula is C12H16ClN5. The summed E-state index contributed by atoms with van der Waals surface area (Å²) in [6, 6.07) is 1.80. The molecule has 0 atom stereocenters. The highest BCUT2D eigenvalue weighted by atomic mass is 35.5. The van der Waals surface area contributed by atoms with Crippen molar-refractivity contribution in [2.75, 3.05) is 11.9 Å². The highest BCUT2D eigenvalue weighted by Gasteiger charge is 2.14. The maximum absolute atomic E-state index is 5.97. The molecule has 2 aromatic heterocycles. The Bertz CT molecular complexity index is 532. The van der Waals surface area contributed by atoms with Crippen LogP contribution in [0.5, 0.6) is 0 Å². The van der Waals surface area contributed by atoms with Gasteiger partial charge in [-0.25, -0.2) is 0 Å². The topological polar surface area (TPSA) is 55.1 Å². The molecule has 1 N–H and O–H groups in total. The third-order valence-corrected chi connectivity index (χ3v) is 3.71. The van der Waals surface area contributed by atoms with E-state index in [4.69, 9.17) is 11.6 Å². The monoisotopic (exact) mass is 265 g/mol. The van der Waals surface area contributed by atoms with Crippen molar-refractivity contribution in [2.45, 2.75) is 32.1 Å². The fraction of sp³-hybridized carbons (Fsp3) is 0.583. The molecule has 0 bridgehead atoms. The molecule has 0 aliphatic heterocycles. The van der Waals surface area contributed by atoms with E-state index in [1.165, 1.54) is 38.4 Å². The standard InChI is InChI=1S/C12H16ClN5/c13-10-6-11(18-12(17-10)15-8-16-18)14-7-9-4-2-1-3-5-9/h6,8-9,14H,1-5,7H2. The Hall–Kier alpha value is -1.36. The van der Waals surface area contributed by atoms with Crippen LogP contribution in [0.15, 0.2) is 12.4 Å². The molecule has 3 rings (SSSR count). The van der Waals surface area contributed by atoms with Crippen LogP contribution in [0.1, 0.15) is 32.1 Å². The van der Waals surface area contributed by atoms with E-state index in [1.807, 2.05) is 0 Å². The van der Waals surface area contributed by atoms with Gasteiger partial charge >= 0.3 is 0 Å². The summed E-state index contributed by atoms with van der Waals surface area (Å²) in [5, 5.41) is 8.01. The van der Waals surface area contributed by atoms with Crippen molar-refractivity contribution in [1.29, 1.82) is 0 Å². The van der Waals surface area contributed by atoms with Gasteiger partial charge in [0.15, 0.2) is 0 Å². The lowest BCUT2D eigenvalue weighted by atomic mass is 9.89. The van der Waals surface area contributed by atoms with Crippen LogP contribution in [0.2, 0.25) is 5.15 Å². The first kappa shape index (κ1) is 11.7. The fourth-order valence-electron chi connectivity index (χ4n) is 2.55. The summed E-state index contributed by atoms with van der Waals surface area (Å²) in [5.74, 6) is 2.16. The molecule has 0 unspecified atom stereocenters. The number of rotatable bonds is 3. The van der Waals surface area contributed by atoms with Crippen LogP contribution in [-0.2, 0) is 0 Å². The molecule has 1 aliphatic carbocycles. The van der Waals surface area contributed by atoms with E-state index in [-0.39, 0.29) is 0 Å². The second kappa shape index (κ2) is 5.10. The molecule has 1 fully saturated rings. The molecule has 96 valence electrons. The van der Waals surface area contributed by atoms with Gasteiger partial charge in [-0.05, 0) is 18.8 Å². The first-order valence-electron chi connectivity index (χ1n) is 6.43. The average Bonchev–Trinajstić information content (AvgIpc) is 2.85. The molecule has 6 heteroatoms. The normalized spacial score (nSPS) is 17.2. The molecule has 2 heterocycles. The van der Waals surface area contributed by atoms with Crippen LogP contribution >= 0.6 is 11.6 Å². The number of anilines is 1. The third-order valence-electron chi connectivity index (χ3n) is 3.52. The van der Waals surface area contributed by atoms with Crippen LogP contribution in [0.3, 0.4) is 0 Å². The first-order valence-corrected chi connectivity index (χ1v) is 6.81. The number of nitrogens with one attached hydrogen (secondary N) is 1. The minimum absolute atomic E-state index is 0.446. The Morgan fingerprint density at radius 3 is 3.00 bits per heavy atom. The number of aromatic nitrogens is 4. The lowest BCUT2D eigenvalue weighted by Gasteiger charge is -2.22. The van der Waals surface area contributed by atoms with Gasteiger partial charge in [0.2, 0.25) is 0 Å². The molecule has 1 aliphatic rings. The summed E-state index contributed by atoms with van der Waals surface area (Å²) in [6.45, 7) is 0.968. The van der Waals surface area contributed by atoms with Gasteiger partial charge in [-0.1, -0.05) is 30.9 Å². The van der Waals surface area contributed by atoms with E-state index in [2.05, 4.69) is 20.4 Å². The first-order chi connectivity index (χ1) is 8.83. The summed E-state index contributed by atoms with van der Waals surface area (Å²) in [6.07, 6.45) is 8.19. The van der Waals surface area contributed by atoms with Gasteiger partial charge in [0, 0.05) is 12.6 Å². The van der Waals surface area contributed by atoms with E-state index in [1.54, 1.807) is 10.6 Å². The van der Waals surface area contributed by atoms with E-state index < -0.39 is 0 Å².